The molecule has 3 rings (SSSR count). The Morgan fingerprint density at radius 2 is 2.00 bits per heavy atom. The number of carbonyl (C=O) groups is 1. The third-order valence-corrected chi connectivity index (χ3v) is 3.32. The third kappa shape index (κ3) is 3.35. The van der Waals surface area contributed by atoms with E-state index in [9.17, 15) is 4.79 Å². The van der Waals surface area contributed by atoms with Gasteiger partial charge in [0.25, 0.3) is 0 Å². The molecule has 2 aromatic carbocycles. The second-order valence-electron chi connectivity index (χ2n) is 4.61. The van der Waals surface area contributed by atoms with Gasteiger partial charge in [-0.2, -0.15) is 0 Å². The molecular formula is C16H13ClO4. The van der Waals surface area contributed by atoms with Gasteiger partial charge in [0, 0.05) is 10.6 Å². The van der Waals surface area contributed by atoms with Crippen molar-refractivity contribution in [1.29, 1.82) is 0 Å². The molecule has 108 valence electrons. The van der Waals surface area contributed by atoms with Crippen LogP contribution in [-0.2, 0) is 11.3 Å². The zero-order chi connectivity index (χ0) is 14.7. The molecule has 0 N–H and O–H groups in total. The summed E-state index contributed by atoms with van der Waals surface area (Å²) in [6.07, 6.45) is 0. The first kappa shape index (κ1) is 13.9. The highest BCUT2D eigenvalue weighted by molar-refractivity contribution is 6.30. The first-order valence-electron chi connectivity index (χ1n) is 6.47. The zero-order valence-corrected chi connectivity index (χ0v) is 11.9. The predicted octanol–water partition coefficient (Wildman–Crippen LogP) is 3.47. The Bertz CT molecular complexity index is 669. The SMILES string of the molecule is O=C(COCc1cccc(Cl)c1)c1ccc2c(c1)OCO2. The van der Waals surface area contributed by atoms with Crippen molar-refractivity contribution in [3.05, 3.63) is 58.6 Å². The van der Waals surface area contributed by atoms with E-state index in [1.165, 1.54) is 0 Å². The van der Waals surface area contributed by atoms with Crippen LogP contribution in [0, 0.1) is 0 Å². The first-order valence-corrected chi connectivity index (χ1v) is 6.85. The zero-order valence-electron chi connectivity index (χ0n) is 11.2. The normalized spacial score (nSPS) is 12.4. The van der Waals surface area contributed by atoms with Gasteiger partial charge in [-0.05, 0) is 35.9 Å². The van der Waals surface area contributed by atoms with Crippen LogP contribution >= 0.6 is 11.6 Å². The van der Waals surface area contributed by atoms with E-state index in [4.69, 9.17) is 25.8 Å². The van der Waals surface area contributed by atoms with Crippen molar-refractivity contribution in [2.75, 3.05) is 13.4 Å². The molecule has 0 fully saturated rings. The molecule has 21 heavy (non-hydrogen) atoms. The summed E-state index contributed by atoms with van der Waals surface area (Å²) in [5.74, 6) is 1.15. The quantitative estimate of drug-likeness (QED) is 0.793. The molecule has 0 amide bonds. The average molecular weight is 305 g/mol. The van der Waals surface area contributed by atoms with Gasteiger partial charge in [0.2, 0.25) is 6.79 Å². The highest BCUT2D eigenvalue weighted by Crippen LogP contribution is 2.32. The molecule has 0 spiro atoms. The van der Waals surface area contributed by atoms with Gasteiger partial charge in [0.05, 0.1) is 6.61 Å². The van der Waals surface area contributed by atoms with Crippen molar-refractivity contribution >= 4 is 17.4 Å². The number of ketones is 1. The molecule has 0 bridgehead atoms. The number of hydrogen-bond donors (Lipinski definition) is 0. The van der Waals surface area contributed by atoms with Crippen molar-refractivity contribution in [1.82, 2.24) is 0 Å². The Labute approximate surface area is 127 Å². The largest absolute Gasteiger partial charge is 0.454 e. The van der Waals surface area contributed by atoms with Crippen LogP contribution in [0.25, 0.3) is 0 Å². The Balaban J connectivity index is 1.57. The van der Waals surface area contributed by atoms with Crippen LogP contribution in [0.4, 0.5) is 0 Å². The van der Waals surface area contributed by atoms with E-state index >= 15 is 0 Å². The summed E-state index contributed by atoms with van der Waals surface area (Å²) < 4.78 is 15.9. The summed E-state index contributed by atoms with van der Waals surface area (Å²) in [5, 5.41) is 0.651. The number of rotatable bonds is 5. The molecule has 0 radical (unpaired) electrons. The van der Waals surface area contributed by atoms with Crippen LogP contribution in [0.2, 0.25) is 5.02 Å². The van der Waals surface area contributed by atoms with E-state index in [0.717, 1.165) is 5.56 Å². The van der Waals surface area contributed by atoms with Gasteiger partial charge in [-0.1, -0.05) is 23.7 Å². The van der Waals surface area contributed by atoms with E-state index in [1.54, 1.807) is 24.3 Å². The maximum absolute atomic E-state index is 12.1. The molecule has 2 aromatic rings. The van der Waals surface area contributed by atoms with Crippen LogP contribution in [-0.4, -0.2) is 19.2 Å². The molecule has 1 heterocycles. The van der Waals surface area contributed by atoms with E-state index in [-0.39, 0.29) is 19.2 Å². The first-order chi connectivity index (χ1) is 10.2. The molecule has 0 atom stereocenters. The van der Waals surface area contributed by atoms with Gasteiger partial charge in [0.1, 0.15) is 6.61 Å². The van der Waals surface area contributed by atoms with E-state index in [2.05, 4.69) is 0 Å². The summed E-state index contributed by atoms with van der Waals surface area (Å²) in [7, 11) is 0. The molecular weight excluding hydrogens is 292 g/mol. The number of ether oxygens (including phenoxy) is 3. The van der Waals surface area contributed by atoms with Crippen LogP contribution in [0.3, 0.4) is 0 Å². The van der Waals surface area contributed by atoms with Gasteiger partial charge in [0.15, 0.2) is 17.3 Å². The van der Waals surface area contributed by atoms with E-state index in [0.29, 0.717) is 28.7 Å². The van der Waals surface area contributed by atoms with Crippen molar-refractivity contribution in [3.8, 4) is 11.5 Å². The second-order valence-corrected chi connectivity index (χ2v) is 5.05. The number of hydrogen-bond acceptors (Lipinski definition) is 4. The lowest BCUT2D eigenvalue weighted by molar-refractivity contribution is 0.0726. The maximum atomic E-state index is 12.1. The van der Waals surface area contributed by atoms with Gasteiger partial charge in [-0.25, -0.2) is 0 Å². The Morgan fingerprint density at radius 1 is 1.14 bits per heavy atom. The second kappa shape index (κ2) is 6.16. The Hall–Kier alpha value is -2.04. The summed E-state index contributed by atoms with van der Waals surface area (Å²) >= 11 is 5.89. The summed E-state index contributed by atoms with van der Waals surface area (Å²) in [6.45, 7) is 0.543. The predicted molar refractivity (Wildman–Crippen MR) is 78.0 cm³/mol. The van der Waals surface area contributed by atoms with Crippen molar-refractivity contribution in [2.45, 2.75) is 6.61 Å². The average Bonchev–Trinajstić information content (AvgIpc) is 2.94. The molecule has 0 unspecified atom stereocenters. The minimum atomic E-state index is -0.102. The fourth-order valence-corrected chi connectivity index (χ4v) is 2.25. The molecule has 0 aliphatic carbocycles. The number of carbonyl (C=O) groups excluding carboxylic acids is 1. The Kier molecular flexibility index (Phi) is 4.08. The number of fused-ring (bicyclic) bond motifs is 1. The standard InChI is InChI=1S/C16H13ClO4/c17-13-3-1-2-11(6-13)8-19-9-14(18)12-4-5-15-16(7-12)21-10-20-15/h1-7H,8-10H2. The van der Waals surface area contributed by atoms with Crippen LogP contribution in [0.1, 0.15) is 15.9 Å². The summed E-state index contributed by atoms with van der Waals surface area (Å²) in [5.41, 5.74) is 1.48. The van der Waals surface area contributed by atoms with Crippen molar-refractivity contribution in [3.63, 3.8) is 0 Å². The smallest absolute Gasteiger partial charge is 0.231 e. The molecule has 0 saturated carbocycles. The Morgan fingerprint density at radius 3 is 2.86 bits per heavy atom. The lowest BCUT2D eigenvalue weighted by Gasteiger charge is -2.05. The van der Waals surface area contributed by atoms with E-state index < -0.39 is 0 Å². The highest BCUT2D eigenvalue weighted by atomic mass is 35.5. The topological polar surface area (TPSA) is 44.8 Å². The molecule has 0 saturated heterocycles. The van der Waals surface area contributed by atoms with Crippen molar-refractivity contribution in [2.24, 2.45) is 0 Å². The van der Waals surface area contributed by atoms with Crippen molar-refractivity contribution < 1.29 is 19.0 Å². The van der Waals surface area contributed by atoms with Crippen LogP contribution < -0.4 is 9.47 Å². The monoisotopic (exact) mass is 304 g/mol. The molecule has 1 aliphatic rings. The van der Waals surface area contributed by atoms with Crippen LogP contribution in [0.5, 0.6) is 11.5 Å². The minimum Gasteiger partial charge on any atom is -0.454 e. The number of benzene rings is 2. The van der Waals surface area contributed by atoms with E-state index in [1.807, 2.05) is 18.2 Å². The fourth-order valence-electron chi connectivity index (χ4n) is 2.04. The molecule has 4 nitrogen and oxygen atoms in total. The molecule has 0 aromatic heterocycles. The number of halogens is 1. The molecule has 5 heteroatoms. The fraction of sp³-hybridized carbons (Fsp3) is 0.188. The van der Waals surface area contributed by atoms with Gasteiger partial charge < -0.3 is 14.2 Å². The maximum Gasteiger partial charge on any atom is 0.231 e. The summed E-state index contributed by atoms with van der Waals surface area (Å²) in [6, 6.07) is 12.5. The lowest BCUT2D eigenvalue weighted by Crippen LogP contribution is -2.09. The lowest BCUT2D eigenvalue weighted by atomic mass is 10.1. The molecule has 1 aliphatic heterocycles. The van der Waals surface area contributed by atoms with Gasteiger partial charge in [-0.3, -0.25) is 4.79 Å². The third-order valence-electron chi connectivity index (χ3n) is 3.09. The van der Waals surface area contributed by atoms with Gasteiger partial charge in [-0.15, -0.1) is 0 Å². The van der Waals surface area contributed by atoms with Gasteiger partial charge >= 0.3 is 0 Å². The van der Waals surface area contributed by atoms with Crippen LogP contribution in [0.15, 0.2) is 42.5 Å². The minimum absolute atomic E-state index is 0.00611. The summed E-state index contributed by atoms with van der Waals surface area (Å²) in [4.78, 5) is 12.1. The highest BCUT2D eigenvalue weighted by Gasteiger charge is 2.16. The number of Topliss-reactive ketones (excluding diaryl/α,β-unsaturated/α-hetero) is 1.